The lowest BCUT2D eigenvalue weighted by Gasteiger charge is -2.07. The second-order valence-corrected chi connectivity index (χ2v) is 6.72. The van der Waals surface area contributed by atoms with E-state index in [0.29, 0.717) is 17.8 Å². The molecule has 0 unspecified atom stereocenters. The zero-order valence-corrected chi connectivity index (χ0v) is 15.5. The zero-order valence-electron chi connectivity index (χ0n) is 15.5. The van der Waals surface area contributed by atoms with Crippen LogP contribution in [0.5, 0.6) is 0 Å². The fourth-order valence-electron chi connectivity index (χ4n) is 3.29. The number of aryl methyl sites for hydroxylation is 2. The van der Waals surface area contributed by atoms with Gasteiger partial charge in [0.15, 0.2) is 5.65 Å². The predicted octanol–water partition coefficient (Wildman–Crippen LogP) is 3.65. The summed E-state index contributed by atoms with van der Waals surface area (Å²) in [6.07, 6.45) is 1.73. The molecule has 2 heterocycles. The molecule has 0 saturated heterocycles. The van der Waals surface area contributed by atoms with Crippen LogP contribution in [0.2, 0.25) is 0 Å². The Morgan fingerprint density at radius 3 is 2.68 bits per heavy atom. The van der Waals surface area contributed by atoms with Crippen molar-refractivity contribution in [3.05, 3.63) is 75.5 Å². The summed E-state index contributed by atoms with van der Waals surface area (Å²) in [7, 11) is 0. The van der Waals surface area contributed by atoms with Crippen LogP contribution in [-0.4, -0.2) is 24.7 Å². The van der Waals surface area contributed by atoms with Crippen molar-refractivity contribution in [3.63, 3.8) is 0 Å². The van der Waals surface area contributed by atoms with E-state index in [1.807, 2.05) is 31.2 Å². The predicted molar refractivity (Wildman–Crippen MR) is 107 cm³/mol. The van der Waals surface area contributed by atoms with Crippen LogP contribution in [0.15, 0.2) is 48.7 Å². The Morgan fingerprint density at radius 2 is 1.96 bits per heavy atom. The normalized spacial score (nSPS) is 11.1. The molecule has 0 amide bonds. The Labute approximate surface area is 160 Å². The molecule has 0 aliphatic heterocycles. The summed E-state index contributed by atoms with van der Waals surface area (Å²) in [5.41, 5.74) is 11.0. The quantitative estimate of drug-likeness (QED) is 0.431. The summed E-state index contributed by atoms with van der Waals surface area (Å²) < 4.78 is 1.73. The third-order valence-corrected chi connectivity index (χ3v) is 4.60. The van der Waals surface area contributed by atoms with Gasteiger partial charge in [0.1, 0.15) is 0 Å². The first kappa shape index (κ1) is 17.6. The van der Waals surface area contributed by atoms with Crippen LogP contribution in [0.3, 0.4) is 0 Å². The Bertz CT molecular complexity index is 1210. The number of nitrogens with zero attached hydrogens (tertiary/aromatic N) is 5. The molecule has 0 radical (unpaired) electrons. The minimum atomic E-state index is -0.384. The van der Waals surface area contributed by atoms with E-state index in [1.165, 1.54) is 6.07 Å². The molecule has 0 spiro atoms. The molecule has 2 N–H and O–H groups in total. The first-order valence-electron chi connectivity index (χ1n) is 8.72. The molecule has 0 atom stereocenters. The lowest BCUT2D eigenvalue weighted by molar-refractivity contribution is -0.385. The highest BCUT2D eigenvalue weighted by Gasteiger charge is 2.15. The molecule has 28 heavy (non-hydrogen) atoms. The molecule has 2 aromatic carbocycles. The van der Waals surface area contributed by atoms with Gasteiger partial charge in [-0.05, 0) is 31.5 Å². The number of nitrogens with two attached hydrogens (primary N) is 1. The lowest BCUT2D eigenvalue weighted by Crippen LogP contribution is -2.05. The van der Waals surface area contributed by atoms with Crippen LogP contribution in [0.25, 0.3) is 22.3 Å². The van der Waals surface area contributed by atoms with Crippen molar-refractivity contribution in [3.8, 4) is 11.3 Å². The first-order chi connectivity index (χ1) is 13.4. The topological polar surface area (TPSA) is 113 Å². The molecule has 4 aromatic rings. The molecule has 0 bridgehead atoms. The van der Waals surface area contributed by atoms with Gasteiger partial charge in [0.05, 0.1) is 28.7 Å². The van der Waals surface area contributed by atoms with E-state index in [2.05, 4.69) is 15.1 Å². The number of hydrogen-bond donors (Lipinski definition) is 1. The number of hydrogen-bond acceptors (Lipinski definition) is 6. The summed E-state index contributed by atoms with van der Waals surface area (Å²) in [6, 6.07) is 13.0. The fourth-order valence-corrected chi connectivity index (χ4v) is 3.29. The molecule has 8 nitrogen and oxygen atoms in total. The number of benzene rings is 2. The van der Waals surface area contributed by atoms with E-state index in [4.69, 9.17) is 5.73 Å². The van der Waals surface area contributed by atoms with Gasteiger partial charge >= 0.3 is 0 Å². The highest BCUT2D eigenvalue weighted by Crippen LogP contribution is 2.28. The molecular formula is C20H18N6O2. The van der Waals surface area contributed by atoms with Crippen molar-refractivity contribution in [2.45, 2.75) is 20.4 Å². The number of nitro benzene ring substituents is 1. The summed E-state index contributed by atoms with van der Waals surface area (Å²) in [5.74, 6) is 0.172. The number of rotatable bonds is 4. The zero-order chi connectivity index (χ0) is 19.8. The monoisotopic (exact) mass is 374 g/mol. The number of nitrogen functional groups attached to an aromatic ring is 1. The smallest absolute Gasteiger partial charge is 0.272 e. The largest absolute Gasteiger partial charge is 0.368 e. The number of aromatic nitrogens is 4. The molecule has 2 aromatic heterocycles. The molecule has 0 saturated carbocycles. The summed E-state index contributed by atoms with van der Waals surface area (Å²) in [6.45, 7) is 4.16. The SMILES string of the molecule is Cc1cccc(-c2nc(N)nc3c2cnn3Cc2ccc([N+](=O)[O-])c(C)c2)c1. The minimum absolute atomic E-state index is 0.0994. The van der Waals surface area contributed by atoms with E-state index in [1.54, 1.807) is 29.9 Å². The standard InChI is InChI=1S/C20H18N6O2/c1-12-4-3-5-15(8-12)18-16-10-22-25(19(16)24-20(21)23-18)11-14-6-7-17(26(27)28)13(2)9-14/h3-10H,11H2,1-2H3,(H2,21,23,24). The van der Waals surface area contributed by atoms with Gasteiger partial charge in [0, 0.05) is 17.2 Å². The van der Waals surface area contributed by atoms with E-state index in [9.17, 15) is 10.1 Å². The number of anilines is 1. The Kier molecular flexibility index (Phi) is 4.23. The third kappa shape index (κ3) is 3.16. The van der Waals surface area contributed by atoms with Crippen molar-refractivity contribution in [1.82, 2.24) is 19.7 Å². The van der Waals surface area contributed by atoms with Crippen molar-refractivity contribution in [1.29, 1.82) is 0 Å². The Hall–Kier alpha value is -3.81. The summed E-state index contributed by atoms with van der Waals surface area (Å²) in [5, 5.41) is 16.3. The Balaban J connectivity index is 1.78. The van der Waals surface area contributed by atoms with Crippen LogP contribution < -0.4 is 5.73 Å². The molecule has 0 aliphatic rings. The maximum absolute atomic E-state index is 11.0. The van der Waals surface area contributed by atoms with Gasteiger partial charge in [0.2, 0.25) is 5.95 Å². The Morgan fingerprint density at radius 1 is 1.14 bits per heavy atom. The molecule has 4 rings (SSSR count). The molecular weight excluding hydrogens is 356 g/mol. The van der Waals surface area contributed by atoms with Gasteiger partial charge in [-0.25, -0.2) is 9.67 Å². The van der Waals surface area contributed by atoms with E-state index < -0.39 is 0 Å². The molecule has 8 heteroatoms. The average Bonchev–Trinajstić information content (AvgIpc) is 3.03. The van der Waals surface area contributed by atoms with Gasteiger partial charge in [-0.2, -0.15) is 10.1 Å². The van der Waals surface area contributed by atoms with Gasteiger partial charge in [-0.15, -0.1) is 0 Å². The summed E-state index contributed by atoms with van der Waals surface area (Å²) >= 11 is 0. The maximum Gasteiger partial charge on any atom is 0.272 e. The minimum Gasteiger partial charge on any atom is -0.368 e. The van der Waals surface area contributed by atoms with E-state index in [-0.39, 0.29) is 16.6 Å². The van der Waals surface area contributed by atoms with Gasteiger partial charge in [0.25, 0.3) is 5.69 Å². The lowest BCUT2D eigenvalue weighted by atomic mass is 10.1. The van der Waals surface area contributed by atoms with E-state index >= 15 is 0 Å². The van der Waals surface area contributed by atoms with Crippen LogP contribution in [0, 0.1) is 24.0 Å². The van der Waals surface area contributed by atoms with Crippen LogP contribution >= 0.6 is 0 Å². The fraction of sp³-hybridized carbons (Fsp3) is 0.150. The third-order valence-electron chi connectivity index (χ3n) is 4.60. The van der Waals surface area contributed by atoms with E-state index in [0.717, 1.165) is 27.8 Å². The van der Waals surface area contributed by atoms with Crippen molar-refractivity contribution < 1.29 is 4.92 Å². The molecule has 0 fully saturated rings. The highest BCUT2D eigenvalue weighted by atomic mass is 16.6. The molecule has 0 aliphatic carbocycles. The van der Waals surface area contributed by atoms with Crippen molar-refractivity contribution in [2.24, 2.45) is 0 Å². The van der Waals surface area contributed by atoms with Crippen LogP contribution in [-0.2, 0) is 6.54 Å². The van der Waals surface area contributed by atoms with Crippen LogP contribution in [0.4, 0.5) is 11.6 Å². The average molecular weight is 374 g/mol. The second-order valence-electron chi connectivity index (χ2n) is 6.72. The summed E-state index contributed by atoms with van der Waals surface area (Å²) in [4.78, 5) is 19.4. The number of fused-ring (bicyclic) bond motifs is 1. The van der Waals surface area contributed by atoms with Crippen molar-refractivity contribution >= 4 is 22.7 Å². The number of nitro groups is 1. The highest BCUT2D eigenvalue weighted by molar-refractivity contribution is 5.91. The first-order valence-corrected chi connectivity index (χ1v) is 8.72. The van der Waals surface area contributed by atoms with Gasteiger partial charge < -0.3 is 5.73 Å². The second kappa shape index (κ2) is 6.73. The van der Waals surface area contributed by atoms with Gasteiger partial charge in [-0.3, -0.25) is 10.1 Å². The maximum atomic E-state index is 11.0. The van der Waals surface area contributed by atoms with Crippen LogP contribution in [0.1, 0.15) is 16.7 Å². The molecule has 140 valence electrons. The van der Waals surface area contributed by atoms with Gasteiger partial charge in [-0.1, -0.05) is 29.8 Å². The van der Waals surface area contributed by atoms with Crippen molar-refractivity contribution in [2.75, 3.05) is 5.73 Å².